The van der Waals surface area contributed by atoms with Crippen LogP contribution in [0.4, 0.5) is 0 Å². The highest BCUT2D eigenvalue weighted by Crippen LogP contribution is 2.23. The van der Waals surface area contributed by atoms with Crippen LogP contribution in [-0.2, 0) is 0 Å². The highest BCUT2D eigenvalue weighted by molar-refractivity contribution is 7.59. The fraction of sp³-hybridized carbons (Fsp3) is 0.667. The molecular formula is C6H13O2P. The normalized spacial score (nSPS) is 12.1. The molecule has 0 aliphatic heterocycles. The van der Waals surface area contributed by atoms with Gasteiger partial charge in [0, 0.05) is 0 Å². The van der Waals surface area contributed by atoms with Crippen LogP contribution < -0.4 is 0 Å². The summed E-state index contributed by atoms with van der Waals surface area (Å²) in [4.78, 5) is 0. The van der Waals surface area contributed by atoms with Crippen LogP contribution in [0.15, 0.2) is 0 Å². The van der Waals surface area contributed by atoms with Crippen molar-refractivity contribution in [2.75, 3.05) is 19.4 Å². The van der Waals surface area contributed by atoms with Crippen LogP contribution in [0.2, 0.25) is 0 Å². The second-order valence-corrected chi connectivity index (χ2v) is 3.95. The van der Waals surface area contributed by atoms with E-state index in [9.17, 15) is 0 Å². The van der Waals surface area contributed by atoms with E-state index in [4.69, 9.17) is 10.2 Å². The first-order valence-electron chi connectivity index (χ1n) is 2.99. The molecule has 2 nitrogen and oxygen atoms in total. The van der Waals surface area contributed by atoms with E-state index in [0.717, 1.165) is 6.16 Å². The number of hydrogen-bond acceptors (Lipinski definition) is 2. The van der Waals surface area contributed by atoms with Crippen LogP contribution >= 0.6 is 7.55 Å². The molecule has 3 heteroatoms. The predicted molar refractivity (Wildman–Crippen MR) is 42.0 cm³/mol. The zero-order valence-electron chi connectivity index (χ0n) is 5.62. The monoisotopic (exact) mass is 148 g/mol. The summed E-state index contributed by atoms with van der Waals surface area (Å²) in [6, 6.07) is 0. The minimum Gasteiger partial charge on any atom is -0.425 e. The molecule has 0 aromatic rings. The van der Waals surface area contributed by atoms with E-state index in [1.807, 2.05) is 18.9 Å². The molecule has 0 aliphatic carbocycles. The van der Waals surface area contributed by atoms with Crippen molar-refractivity contribution in [2.24, 2.45) is 0 Å². The number of hydrogen-bond donors (Lipinski definition) is 2. The summed E-state index contributed by atoms with van der Waals surface area (Å²) >= 11 is 0. The fourth-order valence-electron chi connectivity index (χ4n) is 0.542. The molecule has 0 radical (unpaired) electrons. The molecule has 0 spiro atoms. The lowest BCUT2D eigenvalue weighted by Gasteiger charge is -1.98. The summed E-state index contributed by atoms with van der Waals surface area (Å²) in [7, 11) is -0.309. The Morgan fingerprint density at radius 1 is 1.56 bits per heavy atom. The molecule has 0 saturated heterocycles. The standard InChI is InChI=1S/C6H13O2P/c1-2-9(5-3-7)6-4-8/h5-8H,2-4H2,1H3. The van der Waals surface area contributed by atoms with Gasteiger partial charge in [0.05, 0.1) is 18.6 Å². The van der Waals surface area contributed by atoms with Crippen LogP contribution in [0.1, 0.15) is 6.92 Å². The van der Waals surface area contributed by atoms with Gasteiger partial charge in [-0.15, -0.1) is 0 Å². The van der Waals surface area contributed by atoms with Crippen molar-refractivity contribution < 1.29 is 10.2 Å². The zero-order valence-corrected chi connectivity index (χ0v) is 6.51. The Labute approximate surface area is 56.9 Å². The fourth-order valence-corrected chi connectivity index (χ4v) is 1.63. The largest absolute Gasteiger partial charge is 0.425 e. The summed E-state index contributed by atoms with van der Waals surface area (Å²) in [5.41, 5.74) is 0. The first kappa shape index (κ1) is 9.09. The molecule has 9 heavy (non-hydrogen) atoms. The Balaban J connectivity index is 3.53. The van der Waals surface area contributed by atoms with Crippen LogP contribution in [0.3, 0.4) is 0 Å². The smallest absolute Gasteiger partial charge is 0.0973 e. The first-order valence-corrected chi connectivity index (χ1v) is 4.65. The van der Waals surface area contributed by atoms with E-state index in [0.29, 0.717) is 0 Å². The lowest BCUT2D eigenvalue weighted by atomic mass is 10.9. The van der Waals surface area contributed by atoms with Gasteiger partial charge < -0.3 is 10.2 Å². The van der Waals surface area contributed by atoms with Crippen molar-refractivity contribution in [2.45, 2.75) is 6.92 Å². The Hall–Kier alpha value is 0.0900. The van der Waals surface area contributed by atoms with Crippen LogP contribution in [0.5, 0.6) is 0 Å². The van der Waals surface area contributed by atoms with E-state index >= 15 is 0 Å². The molecule has 0 aromatic carbocycles. The molecule has 1 atom stereocenters. The first-order chi connectivity index (χ1) is 4.35. The highest BCUT2D eigenvalue weighted by atomic mass is 31.1. The third-order valence-corrected chi connectivity index (χ3v) is 2.99. The second kappa shape index (κ2) is 6.21. The van der Waals surface area contributed by atoms with Gasteiger partial charge >= 0.3 is 0 Å². The molecule has 0 saturated carbocycles. The lowest BCUT2D eigenvalue weighted by molar-refractivity contribution is 0.337. The number of aliphatic hydroxyl groups excluding tert-OH is 2. The van der Waals surface area contributed by atoms with Gasteiger partial charge in [0.25, 0.3) is 0 Å². The maximum absolute atomic E-state index is 8.45. The van der Waals surface area contributed by atoms with Crippen molar-refractivity contribution >= 4 is 13.3 Å². The van der Waals surface area contributed by atoms with E-state index in [-0.39, 0.29) is 20.8 Å². The molecule has 0 fully saturated rings. The van der Waals surface area contributed by atoms with Crippen molar-refractivity contribution in [3.63, 3.8) is 0 Å². The van der Waals surface area contributed by atoms with Crippen molar-refractivity contribution in [3.8, 4) is 0 Å². The van der Waals surface area contributed by atoms with E-state index in [1.165, 1.54) is 0 Å². The van der Waals surface area contributed by atoms with Gasteiger partial charge in [-0.1, -0.05) is 13.7 Å². The quantitative estimate of drug-likeness (QED) is 0.448. The SMILES string of the molecule is CC/[P+](=C/CO)[CH-]CO. The van der Waals surface area contributed by atoms with Gasteiger partial charge in [0.2, 0.25) is 0 Å². The number of aliphatic hydroxyl groups is 2. The molecule has 2 N–H and O–H groups in total. The summed E-state index contributed by atoms with van der Waals surface area (Å²) in [5, 5.41) is 16.9. The van der Waals surface area contributed by atoms with Crippen molar-refractivity contribution in [3.05, 3.63) is 6.16 Å². The van der Waals surface area contributed by atoms with Crippen molar-refractivity contribution in [1.82, 2.24) is 0 Å². The molecular weight excluding hydrogens is 135 g/mol. The summed E-state index contributed by atoms with van der Waals surface area (Å²) in [5.74, 6) is 1.84. The lowest BCUT2D eigenvalue weighted by Crippen LogP contribution is -1.86. The van der Waals surface area contributed by atoms with Crippen LogP contribution in [0, 0.1) is 6.16 Å². The summed E-state index contributed by atoms with van der Waals surface area (Å²) in [6.45, 7) is 2.29. The Bertz CT molecular complexity index is 91.1. The molecule has 0 aromatic heterocycles. The highest BCUT2D eigenvalue weighted by Gasteiger charge is 1.91. The molecule has 0 heterocycles. The van der Waals surface area contributed by atoms with Crippen molar-refractivity contribution in [1.29, 1.82) is 0 Å². The van der Waals surface area contributed by atoms with Gasteiger partial charge in [-0.3, -0.25) is 0 Å². The van der Waals surface area contributed by atoms with E-state index < -0.39 is 0 Å². The van der Waals surface area contributed by atoms with Gasteiger partial charge in [-0.05, 0) is 13.5 Å². The minimum atomic E-state index is -0.309. The number of rotatable bonds is 4. The van der Waals surface area contributed by atoms with Crippen LogP contribution in [-0.4, -0.2) is 35.4 Å². The molecule has 0 bridgehead atoms. The Morgan fingerprint density at radius 3 is 2.56 bits per heavy atom. The van der Waals surface area contributed by atoms with Gasteiger partial charge in [-0.2, -0.15) is 0 Å². The van der Waals surface area contributed by atoms with E-state index in [1.54, 1.807) is 0 Å². The van der Waals surface area contributed by atoms with Gasteiger partial charge in [0.15, 0.2) is 0 Å². The summed E-state index contributed by atoms with van der Waals surface area (Å²) < 4.78 is 0. The molecule has 1 unspecified atom stereocenters. The third-order valence-electron chi connectivity index (χ3n) is 0.997. The molecule has 0 amide bonds. The zero-order chi connectivity index (χ0) is 7.11. The van der Waals surface area contributed by atoms with Gasteiger partial charge in [-0.25, -0.2) is 0 Å². The second-order valence-electron chi connectivity index (χ2n) is 1.56. The van der Waals surface area contributed by atoms with Gasteiger partial charge in [0.1, 0.15) is 0 Å². The topological polar surface area (TPSA) is 40.5 Å². The minimum absolute atomic E-state index is 0.121. The molecule has 0 aliphatic rings. The summed E-state index contributed by atoms with van der Waals surface area (Å²) in [6.07, 6.45) is 2.85. The average molecular weight is 148 g/mol. The predicted octanol–water partition coefficient (Wildman–Crippen LogP) is 0.437. The molecule has 54 valence electrons. The third kappa shape index (κ3) is 4.58. The molecule has 0 rings (SSSR count). The maximum Gasteiger partial charge on any atom is 0.0973 e. The van der Waals surface area contributed by atoms with Crippen LogP contribution in [0.25, 0.3) is 0 Å². The van der Waals surface area contributed by atoms with E-state index in [2.05, 4.69) is 0 Å². The average Bonchev–Trinajstić information content (AvgIpc) is 1.88. The Morgan fingerprint density at radius 2 is 2.22 bits per heavy atom. The Kier molecular flexibility index (Phi) is 6.28. The maximum atomic E-state index is 8.45.